The highest BCUT2D eigenvalue weighted by molar-refractivity contribution is 6.34. The highest BCUT2D eigenvalue weighted by Gasteiger charge is 2.30. The standard InChI is InChI=1S/C12H15Cl2N3O/c1-6-4-9(13)16-12(14)11(6)17-10(18)5-8(15)7-2-3-7/h4,7-8H,2-3,5,15H2,1H3,(H,17,18). The summed E-state index contributed by atoms with van der Waals surface area (Å²) in [6.45, 7) is 1.82. The van der Waals surface area contributed by atoms with Crippen molar-refractivity contribution in [1.29, 1.82) is 0 Å². The molecule has 0 radical (unpaired) electrons. The second-order valence-corrected chi connectivity index (χ2v) is 5.43. The first-order valence-electron chi connectivity index (χ1n) is 5.85. The van der Waals surface area contributed by atoms with Gasteiger partial charge in [-0.05, 0) is 37.3 Å². The minimum Gasteiger partial charge on any atom is -0.327 e. The molecule has 0 aromatic carbocycles. The molecule has 4 nitrogen and oxygen atoms in total. The zero-order valence-electron chi connectivity index (χ0n) is 10.0. The van der Waals surface area contributed by atoms with Crippen molar-refractivity contribution in [3.05, 3.63) is 21.9 Å². The minimum absolute atomic E-state index is 0.0654. The largest absolute Gasteiger partial charge is 0.327 e. The lowest BCUT2D eigenvalue weighted by Crippen LogP contribution is -2.29. The summed E-state index contributed by atoms with van der Waals surface area (Å²) in [5.41, 5.74) is 7.20. The molecule has 0 bridgehead atoms. The molecule has 6 heteroatoms. The average molecular weight is 288 g/mol. The van der Waals surface area contributed by atoms with Gasteiger partial charge in [-0.1, -0.05) is 23.2 Å². The number of carbonyl (C=O) groups is 1. The first kappa shape index (κ1) is 13.6. The van der Waals surface area contributed by atoms with E-state index in [2.05, 4.69) is 10.3 Å². The number of pyridine rings is 1. The second-order valence-electron chi connectivity index (χ2n) is 4.68. The van der Waals surface area contributed by atoms with Crippen LogP contribution in [-0.2, 0) is 4.79 Å². The van der Waals surface area contributed by atoms with Crippen molar-refractivity contribution >= 4 is 34.8 Å². The van der Waals surface area contributed by atoms with E-state index >= 15 is 0 Å². The number of halogens is 2. The summed E-state index contributed by atoms with van der Waals surface area (Å²) in [6.07, 6.45) is 2.55. The van der Waals surface area contributed by atoms with Gasteiger partial charge in [0.2, 0.25) is 5.91 Å². The molecule has 1 amide bonds. The van der Waals surface area contributed by atoms with E-state index in [9.17, 15) is 4.79 Å². The van der Waals surface area contributed by atoms with Crippen LogP contribution in [0.4, 0.5) is 5.69 Å². The van der Waals surface area contributed by atoms with Crippen LogP contribution in [0, 0.1) is 12.8 Å². The molecule has 1 aromatic rings. The lowest BCUT2D eigenvalue weighted by atomic mass is 10.1. The number of aryl methyl sites for hydroxylation is 1. The number of aromatic nitrogens is 1. The molecule has 0 saturated heterocycles. The molecule has 1 saturated carbocycles. The molecular formula is C12H15Cl2N3O. The van der Waals surface area contributed by atoms with E-state index in [4.69, 9.17) is 28.9 Å². The number of nitrogens with one attached hydrogen (secondary N) is 1. The molecule has 1 atom stereocenters. The van der Waals surface area contributed by atoms with Crippen molar-refractivity contribution in [2.45, 2.75) is 32.2 Å². The lowest BCUT2D eigenvalue weighted by molar-refractivity contribution is -0.116. The molecule has 1 fully saturated rings. The first-order valence-corrected chi connectivity index (χ1v) is 6.61. The predicted octanol–water partition coefficient (Wildman–Crippen LogP) is 2.76. The normalized spacial score (nSPS) is 16.4. The van der Waals surface area contributed by atoms with E-state index in [1.165, 1.54) is 0 Å². The monoisotopic (exact) mass is 287 g/mol. The molecule has 3 N–H and O–H groups in total. The van der Waals surface area contributed by atoms with E-state index < -0.39 is 0 Å². The molecular weight excluding hydrogens is 273 g/mol. The van der Waals surface area contributed by atoms with Crippen molar-refractivity contribution in [2.24, 2.45) is 11.7 Å². The minimum atomic E-state index is -0.136. The van der Waals surface area contributed by atoms with Gasteiger partial charge in [-0.2, -0.15) is 0 Å². The van der Waals surface area contributed by atoms with Crippen LogP contribution >= 0.6 is 23.2 Å². The van der Waals surface area contributed by atoms with E-state index in [1.54, 1.807) is 6.07 Å². The van der Waals surface area contributed by atoms with E-state index in [0.29, 0.717) is 23.2 Å². The average Bonchev–Trinajstić information content (AvgIpc) is 3.06. The van der Waals surface area contributed by atoms with E-state index in [-0.39, 0.29) is 17.1 Å². The van der Waals surface area contributed by atoms with Crippen LogP contribution in [-0.4, -0.2) is 16.9 Å². The Kier molecular flexibility index (Phi) is 4.10. The van der Waals surface area contributed by atoms with E-state index in [0.717, 1.165) is 18.4 Å². The fourth-order valence-corrected chi connectivity index (χ4v) is 2.42. The summed E-state index contributed by atoms with van der Waals surface area (Å²) in [5, 5.41) is 3.26. The number of anilines is 1. The number of nitrogens with two attached hydrogens (primary N) is 1. The highest BCUT2D eigenvalue weighted by atomic mass is 35.5. The molecule has 1 heterocycles. The Balaban J connectivity index is 2.02. The Bertz CT molecular complexity index is 451. The van der Waals surface area contributed by atoms with Crippen LogP contribution in [0.5, 0.6) is 0 Å². The number of hydrogen-bond acceptors (Lipinski definition) is 3. The van der Waals surface area contributed by atoms with Gasteiger partial charge in [-0.3, -0.25) is 4.79 Å². The lowest BCUT2D eigenvalue weighted by Gasteiger charge is -2.13. The number of amides is 1. The highest BCUT2D eigenvalue weighted by Crippen LogP contribution is 2.33. The maximum absolute atomic E-state index is 11.8. The Morgan fingerprint density at radius 2 is 2.28 bits per heavy atom. The van der Waals surface area contributed by atoms with Gasteiger partial charge in [-0.25, -0.2) is 4.98 Å². The summed E-state index contributed by atoms with van der Waals surface area (Å²) in [6, 6.07) is 1.59. The van der Waals surface area contributed by atoms with Gasteiger partial charge in [0.1, 0.15) is 5.15 Å². The Labute approximate surface area is 116 Å². The summed E-state index contributed by atoms with van der Waals surface area (Å²) in [4.78, 5) is 15.7. The third-order valence-electron chi connectivity index (χ3n) is 3.05. The van der Waals surface area contributed by atoms with Gasteiger partial charge in [0.15, 0.2) is 5.15 Å². The van der Waals surface area contributed by atoms with Crippen LogP contribution in [0.3, 0.4) is 0 Å². The fourth-order valence-electron chi connectivity index (χ4n) is 1.84. The molecule has 98 valence electrons. The maximum Gasteiger partial charge on any atom is 0.226 e. The summed E-state index contributed by atoms with van der Waals surface area (Å²) in [5.74, 6) is 0.360. The third-order valence-corrected chi connectivity index (χ3v) is 3.52. The quantitative estimate of drug-likeness (QED) is 0.837. The molecule has 0 spiro atoms. The van der Waals surface area contributed by atoms with Crippen LogP contribution in [0.15, 0.2) is 6.07 Å². The zero-order valence-corrected chi connectivity index (χ0v) is 11.6. The molecule has 1 aliphatic rings. The van der Waals surface area contributed by atoms with Crippen LogP contribution < -0.4 is 11.1 Å². The second kappa shape index (κ2) is 5.43. The van der Waals surface area contributed by atoms with Gasteiger partial charge >= 0.3 is 0 Å². The Morgan fingerprint density at radius 1 is 1.61 bits per heavy atom. The molecule has 0 aliphatic heterocycles. The first-order chi connectivity index (χ1) is 8.47. The van der Waals surface area contributed by atoms with Crippen molar-refractivity contribution in [2.75, 3.05) is 5.32 Å². The SMILES string of the molecule is Cc1cc(Cl)nc(Cl)c1NC(=O)CC(N)C1CC1. The van der Waals surface area contributed by atoms with Crippen LogP contribution in [0.1, 0.15) is 24.8 Å². The topological polar surface area (TPSA) is 68.0 Å². The molecule has 18 heavy (non-hydrogen) atoms. The van der Waals surface area contributed by atoms with Crippen LogP contribution in [0.25, 0.3) is 0 Å². The molecule has 1 aliphatic carbocycles. The number of carbonyl (C=O) groups excluding carboxylic acids is 1. The van der Waals surface area contributed by atoms with Crippen LogP contribution in [0.2, 0.25) is 10.3 Å². The van der Waals surface area contributed by atoms with Crippen molar-refractivity contribution < 1.29 is 4.79 Å². The van der Waals surface area contributed by atoms with E-state index in [1.807, 2.05) is 6.92 Å². The third kappa shape index (κ3) is 3.34. The van der Waals surface area contributed by atoms with Gasteiger partial charge in [0.05, 0.1) is 5.69 Å². The van der Waals surface area contributed by atoms with Gasteiger partial charge in [0.25, 0.3) is 0 Å². The van der Waals surface area contributed by atoms with Gasteiger partial charge < -0.3 is 11.1 Å². The van der Waals surface area contributed by atoms with Crippen molar-refractivity contribution in [3.8, 4) is 0 Å². The maximum atomic E-state index is 11.8. The molecule has 2 rings (SSSR count). The fraction of sp³-hybridized carbons (Fsp3) is 0.500. The molecule has 1 aromatic heterocycles. The molecule has 1 unspecified atom stereocenters. The summed E-state index contributed by atoms with van der Waals surface area (Å²) in [7, 11) is 0. The predicted molar refractivity (Wildman–Crippen MR) is 72.9 cm³/mol. The Hall–Kier alpha value is -0.840. The van der Waals surface area contributed by atoms with Gasteiger partial charge in [0, 0.05) is 12.5 Å². The summed E-state index contributed by atoms with van der Waals surface area (Å²) >= 11 is 11.7. The zero-order chi connectivity index (χ0) is 13.3. The van der Waals surface area contributed by atoms with Gasteiger partial charge in [-0.15, -0.1) is 0 Å². The number of hydrogen-bond donors (Lipinski definition) is 2. The Morgan fingerprint density at radius 3 is 2.83 bits per heavy atom. The number of rotatable bonds is 4. The van der Waals surface area contributed by atoms with Crippen molar-refractivity contribution in [3.63, 3.8) is 0 Å². The van der Waals surface area contributed by atoms with Crippen molar-refractivity contribution in [1.82, 2.24) is 4.98 Å². The number of nitrogens with zero attached hydrogens (tertiary/aromatic N) is 1. The smallest absolute Gasteiger partial charge is 0.226 e. The summed E-state index contributed by atoms with van der Waals surface area (Å²) < 4.78 is 0.